The van der Waals surface area contributed by atoms with E-state index in [1.165, 1.54) is 30.3 Å². The number of rotatable bonds is 2. The van der Waals surface area contributed by atoms with Gasteiger partial charge in [-0.2, -0.15) is 26.3 Å². The Labute approximate surface area is 164 Å². The third-order valence-electron chi connectivity index (χ3n) is 4.08. The summed E-state index contributed by atoms with van der Waals surface area (Å²) in [5, 5.41) is 2.31. The predicted molar refractivity (Wildman–Crippen MR) is 90.0 cm³/mol. The molecule has 160 valence electrons. The van der Waals surface area contributed by atoms with Crippen LogP contribution in [0.1, 0.15) is 5.56 Å². The normalized spacial score (nSPS) is 19.2. The molecule has 12 heteroatoms. The predicted octanol–water partition coefficient (Wildman–Crippen LogP) is 3.46. The number of hydrogen-bond donors (Lipinski definition) is 2. The minimum absolute atomic E-state index is 0.0247. The molecule has 1 aliphatic heterocycles. The zero-order chi connectivity index (χ0) is 22.3. The van der Waals surface area contributed by atoms with Gasteiger partial charge in [0.25, 0.3) is 6.29 Å². The molecule has 0 radical (unpaired) electrons. The number of halogens is 6. The minimum Gasteiger partial charge on any atom is -0.450 e. The van der Waals surface area contributed by atoms with Gasteiger partial charge in [-0.15, -0.1) is 0 Å². The first-order valence-corrected chi connectivity index (χ1v) is 8.19. The summed E-state index contributed by atoms with van der Waals surface area (Å²) in [7, 11) is 0. The highest BCUT2D eigenvalue weighted by atomic mass is 19.4. The number of amides is 1. The molecule has 0 spiro atoms. The van der Waals surface area contributed by atoms with Crippen LogP contribution in [0.5, 0.6) is 5.75 Å². The van der Waals surface area contributed by atoms with Crippen LogP contribution in [0.4, 0.5) is 32.0 Å². The van der Waals surface area contributed by atoms with Gasteiger partial charge in [-0.3, -0.25) is 4.79 Å². The summed E-state index contributed by atoms with van der Waals surface area (Å²) in [4.78, 5) is 23.1. The molecule has 0 saturated heterocycles. The van der Waals surface area contributed by atoms with Crippen molar-refractivity contribution in [1.29, 1.82) is 0 Å². The van der Waals surface area contributed by atoms with Gasteiger partial charge in [0.05, 0.1) is 11.3 Å². The fourth-order valence-electron chi connectivity index (χ4n) is 2.56. The van der Waals surface area contributed by atoms with Crippen molar-refractivity contribution in [3.8, 4) is 16.9 Å². The highest BCUT2D eigenvalue weighted by molar-refractivity contribution is 5.97. The number of nitrogens with two attached hydrogens (primary N) is 1. The fourth-order valence-corrected chi connectivity index (χ4v) is 2.56. The number of anilines is 1. The summed E-state index contributed by atoms with van der Waals surface area (Å²) in [5.74, 6) is -3.75. The van der Waals surface area contributed by atoms with Crippen molar-refractivity contribution in [2.75, 3.05) is 5.32 Å². The van der Waals surface area contributed by atoms with Crippen LogP contribution < -0.4 is 15.8 Å². The van der Waals surface area contributed by atoms with Crippen molar-refractivity contribution in [2.24, 2.45) is 5.73 Å². The van der Waals surface area contributed by atoms with E-state index in [9.17, 15) is 35.9 Å². The van der Waals surface area contributed by atoms with Gasteiger partial charge in [0.15, 0.2) is 6.04 Å². The molecule has 1 heterocycles. The Morgan fingerprint density at radius 2 is 1.60 bits per heavy atom. The fraction of sp³-hybridized carbons (Fsp3) is 0.222. The summed E-state index contributed by atoms with van der Waals surface area (Å²) in [6.45, 7) is 0. The van der Waals surface area contributed by atoms with E-state index in [0.29, 0.717) is 11.1 Å². The van der Waals surface area contributed by atoms with E-state index in [0.717, 1.165) is 12.1 Å². The van der Waals surface area contributed by atoms with Crippen LogP contribution in [0.3, 0.4) is 0 Å². The first-order chi connectivity index (χ1) is 13.9. The Balaban J connectivity index is 1.92. The van der Waals surface area contributed by atoms with Crippen molar-refractivity contribution in [2.45, 2.75) is 24.7 Å². The van der Waals surface area contributed by atoms with Gasteiger partial charge in [0.1, 0.15) is 5.75 Å². The quantitative estimate of drug-likeness (QED) is 0.558. The zero-order valence-corrected chi connectivity index (χ0v) is 14.7. The van der Waals surface area contributed by atoms with E-state index in [-0.39, 0.29) is 11.4 Å². The molecule has 3 N–H and O–H groups in total. The number of fused-ring (bicyclic) bond motifs is 1. The van der Waals surface area contributed by atoms with E-state index in [2.05, 4.69) is 10.1 Å². The molecule has 1 amide bonds. The summed E-state index contributed by atoms with van der Waals surface area (Å²) in [6.07, 6.45) is -11.9. The third-order valence-corrected chi connectivity index (χ3v) is 4.08. The molecule has 0 aliphatic carbocycles. The molecule has 6 nitrogen and oxygen atoms in total. The lowest BCUT2D eigenvalue weighted by Gasteiger charge is -2.21. The lowest BCUT2D eigenvalue weighted by atomic mass is 10.0. The van der Waals surface area contributed by atoms with Gasteiger partial charge in [-0.1, -0.05) is 18.2 Å². The molecule has 2 aromatic carbocycles. The second kappa shape index (κ2) is 7.52. The molecule has 1 unspecified atom stereocenters. The first kappa shape index (κ1) is 21.4. The molecular formula is C18H12F6N2O4. The average Bonchev–Trinajstić information content (AvgIpc) is 2.77. The molecule has 0 aromatic heterocycles. The maximum Gasteiger partial charge on any atom is 0.491 e. The number of esters is 1. The number of carbonyl (C=O) groups excluding carboxylic acids is 2. The van der Waals surface area contributed by atoms with E-state index in [1.807, 2.05) is 0 Å². The van der Waals surface area contributed by atoms with E-state index in [4.69, 9.17) is 10.5 Å². The van der Waals surface area contributed by atoms with Crippen LogP contribution in [0, 0.1) is 0 Å². The number of benzene rings is 2. The molecule has 30 heavy (non-hydrogen) atoms. The Morgan fingerprint density at radius 1 is 1.00 bits per heavy atom. The van der Waals surface area contributed by atoms with Gasteiger partial charge in [0.2, 0.25) is 5.91 Å². The monoisotopic (exact) mass is 434 g/mol. The standard InChI is InChI=1S/C18H12F6N2O4/c19-17(20,21)10-4-1-8(2-5-10)9-3-6-11-12(7-9)29-15(13(25)14(27)26-11)30-16(28)18(22,23)24/h1-7,13,15H,25H2,(H,26,27)/t13-,15?/m1/s1. The maximum absolute atomic E-state index is 12.7. The number of alkyl halides is 6. The van der Waals surface area contributed by atoms with Crippen LogP contribution in [0.25, 0.3) is 11.1 Å². The molecule has 1 aliphatic rings. The van der Waals surface area contributed by atoms with Crippen LogP contribution in [0.15, 0.2) is 42.5 Å². The van der Waals surface area contributed by atoms with Gasteiger partial charge in [0, 0.05) is 0 Å². The topological polar surface area (TPSA) is 90.7 Å². The van der Waals surface area contributed by atoms with Gasteiger partial charge >= 0.3 is 18.3 Å². The van der Waals surface area contributed by atoms with Crippen LogP contribution in [0.2, 0.25) is 0 Å². The highest BCUT2D eigenvalue weighted by Crippen LogP contribution is 2.36. The maximum atomic E-state index is 12.7. The van der Waals surface area contributed by atoms with Crippen LogP contribution in [-0.2, 0) is 20.5 Å². The summed E-state index contributed by atoms with van der Waals surface area (Å²) < 4.78 is 84.9. The minimum atomic E-state index is -5.34. The summed E-state index contributed by atoms with van der Waals surface area (Å²) in [5.41, 5.74) is 5.33. The molecule has 0 saturated carbocycles. The largest absolute Gasteiger partial charge is 0.491 e. The second-order valence-electron chi connectivity index (χ2n) is 6.19. The SMILES string of the molecule is N[C@@H]1C(=O)Nc2ccc(-c3ccc(C(F)(F)F)cc3)cc2OC1OC(=O)C(F)(F)F. The second-order valence-corrected chi connectivity index (χ2v) is 6.19. The Bertz CT molecular complexity index is 972. The van der Waals surface area contributed by atoms with Crippen LogP contribution in [-0.4, -0.2) is 30.4 Å². The molecule has 0 fully saturated rings. The number of nitrogens with one attached hydrogen (secondary N) is 1. The van der Waals surface area contributed by atoms with Gasteiger partial charge in [-0.05, 0) is 35.4 Å². The average molecular weight is 434 g/mol. The smallest absolute Gasteiger partial charge is 0.450 e. The van der Waals surface area contributed by atoms with Crippen molar-refractivity contribution < 1.29 is 45.4 Å². The van der Waals surface area contributed by atoms with Gasteiger partial charge in [-0.25, -0.2) is 4.79 Å². The molecule has 3 rings (SSSR count). The highest BCUT2D eigenvalue weighted by Gasteiger charge is 2.45. The molecular weight excluding hydrogens is 422 g/mol. The number of ether oxygens (including phenoxy) is 2. The lowest BCUT2D eigenvalue weighted by molar-refractivity contribution is -0.217. The number of hydrogen-bond acceptors (Lipinski definition) is 5. The Hall–Kier alpha value is -3.28. The summed E-state index contributed by atoms with van der Waals surface area (Å²) in [6, 6.07) is 6.34. The number of carbonyl (C=O) groups is 2. The molecule has 2 atom stereocenters. The van der Waals surface area contributed by atoms with Crippen molar-refractivity contribution in [3.05, 3.63) is 48.0 Å². The van der Waals surface area contributed by atoms with E-state index >= 15 is 0 Å². The van der Waals surface area contributed by atoms with Crippen LogP contribution >= 0.6 is 0 Å². The molecule has 0 bridgehead atoms. The van der Waals surface area contributed by atoms with Gasteiger partial charge < -0.3 is 20.5 Å². The molecule has 2 aromatic rings. The third kappa shape index (κ3) is 4.48. The Morgan fingerprint density at radius 3 is 2.17 bits per heavy atom. The van der Waals surface area contributed by atoms with Crippen molar-refractivity contribution in [3.63, 3.8) is 0 Å². The van der Waals surface area contributed by atoms with Crippen molar-refractivity contribution >= 4 is 17.6 Å². The summed E-state index contributed by atoms with van der Waals surface area (Å²) >= 11 is 0. The van der Waals surface area contributed by atoms with E-state index in [1.54, 1.807) is 0 Å². The lowest BCUT2D eigenvalue weighted by Crippen LogP contribution is -2.49. The van der Waals surface area contributed by atoms with E-state index < -0.39 is 42.1 Å². The first-order valence-electron chi connectivity index (χ1n) is 8.19. The Kier molecular flexibility index (Phi) is 5.37. The zero-order valence-electron chi connectivity index (χ0n) is 14.7. The van der Waals surface area contributed by atoms with Crippen molar-refractivity contribution in [1.82, 2.24) is 0 Å².